The van der Waals surface area contributed by atoms with E-state index in [0.717, 1.165) is 29.0 Å². The molecule has 1 N–H and O–H groups in total. The van der Waals surface area contributed by atoms with Crippen LogP contribution in [0.3, 0.4) is 0 Å². The maximum absolute atomic E-state index is 12.3. The summed E-state index contributed by atoms with van der Waals surface area (Å²) in [7, 11) is 0. The minimum absolute atomic E-state index is 0.116. The Hall–Kier alpha value is -3.08. The summed E-state index contributed by atoms with van der Waals surface area (Å²) < 4.78 is 11.2. The first-order chi connectivity index (χ1) is 13.0. The predicted molar refractivity (Wildman–Crippen MR) is 104 cm³/mol. The second-order valence-electron chi connectivity index (χ2n) is 7.16. The minimum atomic E-state index is -0.116. The van der Waals surface area contributed by atoms with Gasteiger partial charge in [0.15, 0.2) is 5.76 Å². The molecule has 0 saturated heterocycles. The van der Waals surface area contributed by atoms with Gasteiger partial charge in [-0.3, -0.25) is 4.79 Å². The molecule has 27 heavy (non-hydrogen) atoms. The third kappa shape index (κ3) is 3.72. The summed E-state index contributed by atoms with van der Waals surface area (Å²) in [6.07, 6.45) is 1.26. The molecule has 3 aromatic rings. The van der Waals surface area contributed by atoms with Gasteiger partial charge in [-0.05, 0) is 67.8 Å². The lowest BCUT2D eigenvalue weighted by atomic mass is 10.1. The van der Waals surface area contributed by atoms with Gasteiger partial charge in [0.05, 0.1) is 12.1 Å². The van der Waals surface area contributed by atoms with Crippen molar-refractivity contribution < 1.29 is 14.1 Å². The van der Waals surface area contributed by atoms with Crippen molar-refractivity contribution in [3.8, 4) is 17.1 Å². The molecule has 1 unspecified atom stereocenters. The largest absolute Gasteiger partial charge is 0.490 e. The molecule has 0 saturated carbocycles. The van der Waals surface area contributed by atoms with Crippen LogP contribution in [-0.4, -0.2) is 17.2 Å². The lowest BCUT2D eigenvalue weighted by Crippen LogP contribution is -2.14. The van der Waals surface area contributed by atoms with Crippen molar-refractivity contribution >= 4 is 11.6 Å². The molecule has 1 aliphatic rings. The van der Waals surface area contributed by atoms with Crippen molar-refractivity contribution in [1.29, 1.82) is 0 Å². The smallest absolute Gasteiger partial charge is 0.230 e. The number of amides is 1. The number of aromatic nitrogens is 1. The fourth-order valence-electron chi connectivity index (χ4n) is 3.30. The summed E-state index contributed by atoms with van der Waals surface area (Å²) in [4.78, 5) is 12.3. The highest BCUT2D eigenvalue weighted by molar-refractivity contribution is 5.92. The zero-order chi connectivity index (χ0) is 19.0. The van der Waals surface area contributed by atoms with E-state index in [-0.39, 0.29) is 18.4 Å². The summed E-state index contributed by atoms with van der Waals surface area (Å²) in [6, 6.07) is 13.7. The van der Waals surface area contributed by atoms with Gasteiger partial charge < -0.3 is 14.6 Å². The maximum atomic E-state index is 12.3. The van der Waals surface area contributed by atoms with E-state index in [0.29, 0.717) is 11.5 Å². The average molecular weight is 362 g/mol. The molecule has 2 heterocycles. The van der Waals surface area contributed by atoms with E-state index in [1.165, 1.54) is 11.1 Å². The monoisotopic (exact) mass is 362 g/mol. The number of rotatable bonds is 4. The standard InChI is InChI=1S/C22H22N2O3/c1-13-4-6-18(8-14(13)2)23-22(25)12-19-11-21(27-24-19)16-5-7-20-17(10-16)9-15(3)26-20/h4-8,10-11,15H,9,12H2,1-3H3,(H,23,25). The Morgan fingerprint density at radius 1 is 1.15 bits per heavy atom. The molecule has 1 aliphatic heterocycles. The number of hydrogen-bond acceptors (Lipinski definition) is 4. The van der Waals surface area contributed by atoms with Crippen LogP contribution in [-0.2, 0) is 17.6 Å². The normalized spacial score (nSPS) is 15.3. The number of carbonyl (C=O) groups excluding carboxylic acids is 1. The summed E-state index contributed by atoms with van der Waals surface area (Å²) in [5.74, 6) is 1.47. The number of carbonyl (C=O) groups is 1. The van der Waals surface area contributed by atoms with Gasteiger partial charge >= 0.3 is 0 Å². The Bertz CT molecular complexity index is 1010. The molecule has 1 amide bonds. The molecule has 1 aromatic heterocycles. The van der Waals surface area contributed by atoms with Crippen molar-refractivity contribution in [3.05, 3.63) is 64.8 Å². The molecule has 0 fully saturated rings. The Morgan fingerprint density at radius 2 is 2.00 bits per heavy atom. The van der Waals surface area contributed by atoms with Crippen molar-refractivity contribution in [2.45, 2.75) is 39.7 Å². The molecule has 2 aromatic carbocycles. The molecule has 4 rings (SSSR count). The molecule has 0 radical (unpaired) electrons. The molecule has 5 nitrogen and oxygen atoms in total. The van der Waals surface area contributed by atoms with Gasteiger partial charge in [-0.2, -0.15) is 0 Å². The average Bonchev–Trinajstić information content (AvgIpc) is 3.22. The number of aryl methyl sites for hydroxylation is 2. The van der Waals surface area contributed by atoms with E-state index in [1.807, 2.05) is 50.2 Å². The fraction of sp³-hybridized carbons (Fsp3) is 0.273. The third-order valence-electron chi connectivity index (χ3n) is 4.87. The number of nitrogens with zero attached hydrogens (tertiary/aromatic N) is 1. The summed E-state index contributed by atoms with van der Waals surface area (Å²) >= 11 is 0. The highest BCUT2D eigenvalue weighted by atomic mass is 16.5. The zero-order valence-electron chi connectivity index (χ0n) is 15.7. The molecule has 138 valence electrons. The lowest BCUT2D eigenvalue weighted by Gasteiger charge is -2.06. The first kappa shape index (κ1) is 17.3. The molecule has 0 aliphatic carbocycles. The SMILES string of the molecule is Cc1ccc(NC(=O)Cc2cc(-c3ccc4c(c3)CC(C)O4)on2)cc1C. The third-order valence-corrected chi connectivity index (χ3v) is 4.87. The number of fused-ring (bicyclic) bond motifs is 1. The summed E-state index contributed by atoms with van der Waals surface area (Å²) in [5.41, 5.74) is 5.86. The Morgan fingerprint density at radius 3 is 2.81 bits per heavy atom. The zero-order valence-corrected chi connectivity index (χ0v) is 15.7. The van der Waals surface area contributed by atoms with E-state index in [2.05, 4.69) is 23.5 Å². The molecule has 0 bridgehead atoms. The first-order valence-corrected chi connectivity index (χ1v) is 9.10. The van der Waals surface area contributed by atoms with Crippen molar-refractivity contribution in [3.63, 3.8) is 0 Å². The Kier molecular flexibility index (Phi) is 4.44. The molecule has 0 spiro atoms. The first-order valence-electron chi connectivity index (χ1n) is 9.10. The molecular weight excluding hydrogens is 340 g/mol. The lowest BCUT2D eigenvalue weighted by molar-refractivity contribution is -0.115. The van der Waals surface area contributed by atoms with Crippen LogP contribution in [0.2, 0.25) is 0 Å². The van der Waals surface area contributed by atoms with Gasteiger partial charge in [0.2, 0.25) is 5.91 Å². The van der Waals surface area contributed by atoms with Crippen LogP contribution in [0.5, 0.6) is 5.75 Å². The Labute approximate surface area is 158 Å². The van der Waals surface area contributed by atoms with Crippen LogP contribution in [0.25, 0.3) is 11.3 Å². The van der Waals surface area contributed by atoms with E-state index in [1.54, 1.807) is 0 Å². The predicted octanol–water partition coefficient (Wildman–Crippen LogP) is 4.46. The number of nitrogens with one attached hydrogen (secondary N) is 1. The van der Waals surface area contributed by atoms with Gasteiger partial charge in [0, 0.05) is 23.7 Å². The van der Waals surface area contributed by atoms with Crippen LogP contribution in [0.4, 0.5) is 5.69 Å². The van der Waals surface area contributed by atoms with E-state index in [9.17, 15) is 4.79 Å². The molecule has 5 heteroatoms. The number of hydrogen-bond donors (Lipinski definition) is 1. The van der Waals surface area contributed by atoms with Crippen LogP contribution < -0.4 is 10.1 Å². The molecule has 1 atom stereocenters. The van der Waals surface area contributed by atoms with Gasteiger partial charge in [-0.25, -0.2) is 0 Å². The quantitative estimate of drug-likeness (QED) is 0.744. The summed E-state index contributed by atoms with van der Waals surface area (Å²) in [5, 5.41) is 6.96. The highest BCUT2D eigenvalue weighted by Crippen LogP contribution is 2.33. The fourth-order valence-corrected chi connectivity index (χ4v) is 3.30. The Balaban J connectivity index is 1.44. The van der Waals surface area contributed by atoms with Gasteiger partial charge in [-0.15, -0.1) is 0 Å². The number of anilines is 1. The van der Waals surface area contributed by atoms with Crippen LogP contribution in [0.1, 0.15) is 29.3 Å². The second kappa shape index (κ2) is 6.91. The molecular formula is C22H22N2O3. The second-order valence-corrected chi connectivity index (χ2v) is 7.16. The van der Waals surface area contributed by atoms with Crippen LogP contribution >= 0.6 is 0 Å². The van der Waals surface area contributed by atoms with E-state index >= 15 is 0 Å². The summed E-state index contributed by atoms with van der Waals surface area (Å²) in [6.45, 7) is 6.13. The van der Waals surface area contributed by atoms with E-state index < -0.39 is 0 Å². The van der Waals surface area contributed by atoms with Crippen LogP contribution in [0, 0.1) is 13.8 Å². The van der Waals surface area contributed by atoms with Crippen molar-refractivity contribution in [2.24, 2.45) is 0 Å². The van der Waals surface area contributed by atoms with E-state index in [4.69, 9.17) is 9.26 Å². The topological polar surface area (TPSA) is 64.4 Å². The maximum Gasteiger partial charge on any atom is 0.230 e. The van der Waals surface area contributed by atoms with Crippen molar-refractivity contribution in [1.82, 2.24) is 5.16 Å². The number of ether oxygens (including phenoxy) is 1. The van der Waals surface area contributed by atoms with Gasteiger partial charge in [0.25, 0.3) is 0 Å². The van der Waals surface area contributed by atoms with Gasteiger partial charge in [0.1, 0.15) is 11.9 Å². The minimum Gasteiger partial charge on any atom is -0.490 e. The van der Waals surface area contributed by atoms with Gasteiger partial charge in [-0.1, -0.05) is 11.2 Å². The highest BCUT2D eigenvalue weighted by Gasteiger charge is 2.20. The number of benzene rings is 2. The van der Waals surface area contributed by atoms with Crippen LogP contribution in [0.15, 0.2) is 47.0 Å². The van der Waals surface area contributed by atoms with Crippen molar-refractivity contribution in [2.75, 3.05) is 5.32 Å².